The van der Waals surface area contributed by atoms with Crippen LogP contribution in [0.25, 0.3) is 0 Å². The van der Waals surface area contributed by atoms with Crippen LogP contribution >= 0.6 is 45.4 Å². The third-order valence-electron chi connectivity index (χ3n) is 6.90. The molecule has 1 aliphatic heterocycles. The third-order valence-corrected chi connectivity index (χ3v) is 15.2. The van der Waals surface area contributed by atoms with Crippen molar-refractivity contribution >= 4 is 105 Å². The smallest absolute Gasteiger partial charge is 0.871 e. The van der Waals surface area contributed by atoms with Crippen molar-refractivity contribution in [2.75, 3.05) is 0 Å². The largest absolute Gasteiger partial charge is 1.00 e. The molecular formula is C24H18Na4O16S8. The first-order valence-corrected chi connectivity index (χ1v) is 21.7. The van der Waals surface area contributed by atoms with Crippen LogP contribution in [0.1, 0.15) is 12.8 Å². The zero-order valence-corrected chi connectivity index (χ0v) is 41.7. The molecule has 5 rings (SSSR count). The first-order valence-electron chi connectivity index (χ1n) is 12.7. The summed E-state index contributed by atoms with van der Waals surface area (Å²) in [5.74, 6) is -0.915. The molecule has 4 unspecified atom stereocenters. The molecule has 0 spiro atoms. The summed E-state index contributed by atoms with van der Waals surface area (Å²) >= 11 is 0.678. The molecule has 0 aromatic carbocycles. The summed E-state index contributed by atoms with van der Waals surface area (Å²) in [4.78, 5) is -6.19. The van der Waals surface area contributed by atoms with Gasteiger partial charge in [-0.3, -0.25) is 4.55 Å². The van der Waals surface area contributed by atoms with Gasteiger partial charge >= 0.3 is 118 Å². The molecule has 8 bridgehead atoms. The second-order valence-corrected chi connectivity index (χ2v) is 20.7. The van der Waals surface area contributed by atoms with E-state index in [2.05, 4.69) is 0 Å². The molecule has 0 fully saturated rings. The van der Waals surface area contributed by atoms with E-state index in [4.69, 9.17) is 0 Å². The number of hydrogen-bond donors (Lipinski definition) is 4. The Morgan fingerprint density at radius 1 is 0.558 bits per heavy atom. The van der Waals surface area contributed by atoms with Crippen LogP contribution in [0.2, 0.25) is 0 Å². The van der Waals surface area contributed by atoms with Crippen LogP contribution in [0.15, 0.2) is 76.6 Å². The molecule has 0 saturated heterocycles. The fourth-order valence-electron chi connectivity index (χ4n) is 4.58. The van der Waals surface area contributed by atoms with Gasteiger partial charge in [-0.25, -0.2) is 25.3 Å². The van der Waals surface area contributed by atoms with Crippen LogP contribution in [0.3, 0.4) is 0 Å². The Balaban J connectivity index is 0.00000338. The maximum Gasteiger partial charge on any atom is 1.00 e. The first-order chi connectivity index (χ1) is 21.9. The van der Waals surface area contributed by atoms with E-state index in [1.165, 1.54) is 0 Å². The number of aliphatic hydroxyl groups is 3. The van der Waals surface area contributed by atoms with Gasteiger partial charge in [0.2, 0.25) is 0 Å². The summed E-state index contributed by atoms with van der Waals surface area (Å²) in [6.45, 7) is 0. The number of rotatable bonds is 4. The van der Waals surface area contributed by atoms with Crippen LogP contribution in [0, 0.1) is 0 Å². The molecule has 52 heavy (non-hydrogen) atoms. The van der Waals surface area contributed by atoms with Gasteiger partial charge in [0.1, 0.15) is 48.7 Å². The predicted molar refractivity (Wildman–Crippen MR) is 178 cm³/mol. The Kier molecular flexibility index (Phi) is 19.5. The van der Waals surface area contributed by atoms with Crippen LogP contribution < -0.4 is 123 Å². The quantitative estimate of drug-likeness (QED) is 0.116. The summed E-state index contributed by atoms with van der Waals surface area (Å²) in [5.41, 5.74) is 0. The van der Waals surface area contributed by atoms with Gasteiger partial charge in [0.05, 0.1) is 20.0 Å². The molecule has 16 nitrogen and oxygen atoms in total. The molecule has 28 heteroatoms. The van der Waals surface area contributed by atoms with E-state index >= 15 is 0 Å². The van der Waals surface area contributed by atoms with Gasteiger partial charge in [-0.2, -0.15) is 8.42 Å². The summed E-state index contributed by atoms with van der Waals surface area (Å²) in [5, 5.41) is 45.6. The van der Waals surface area contributed by atoms with E-state index in [-0.39, 0.29) is 118 Å². The van der Waals surface area contributed by atoms with E-state index in [9.17, 15) is 72.3 Å². The monoisotopic (exact) mass is 910 g/mol. The van der Waals surface area contributed by atoms with Crippen molar-refractivity contribution < 1.29 is 191 Å². The fraction of sp³-hybridized carbons (Fsp3) is 0.250. The summed E-state index contributed by atoms with van der Waals surface area (Å²) in [6, 6.07) is 0. The van der Waals surface area contributed by atoms with Crippen molar-refractivity contribution in [1.82, 2.24) is 0 Å². The number of thioether (sulfide) groups is 2. The van der Waals surface area contributed by atoms with E-state index in [1.54, 1.807) is 0 Å². The zero-order valence-electron chi connectivity index (χ0n) is 27.1. The number of aliphatic hydroxyl groups excluding tert-OH is 3. The number of allylic oxidation sites excluding steroid dienone is 5. The SMILES string of the molecule is O=S(=O)([O-])C1=CC2=S=C3CC(S(=O)(=O)O)CC(=C3[O-])SC3=CC(S(=O)(=O)[O-])=CC(=S=C4C=C(S(=O)(=O)[O-])C=C(SC(=C1)C2O)C4O)C3O.[Na+].[Na+].[Na+].[Na+]. The molecule has 0 amide bonds. The van der Waals surface area contributed by atoms with E-state index in [0.29, 0.717) is 81.9 Å². The van der Waals surface area contributed by atoms with Gasteiger partial charge < -0.3 is 34.1 Å². The second kappa shape index (κ2) is 19.5. The van der Waals surface area contributed by atoms with Gasteiger partial charge in [-0.05, 0) is 52.6 Å². The van der Waals surface area contributed by atoms with Crippen molar-refractivity contribution in [2.45, 2.75) is 36.4 Å². The molecule has 0 aromatic rings. The topological polar surface area (TPSA) is 310 Å². The molecule has 0 saturated carbocycles. The first kappa shape index (κ1) is 52.1. The number of fused-ring (bicyclic) bond motifs is 7. The van der Waals surface area contributed by atoms with E-state index in [0.717, 1.165) is 0 Å². The summed E-state index contributed by atoms with van der Waals surface area (Å²) in [7, 11) is -20.1. The Bertz CT molecular complexity index is 2380. The molecule has 0 aromatic heterocycles. The third kappa shape index (κ3) is 12.1. The molecule has 1 heterocycles. The van der Waals surface area contributed by atoms with E-state index < -0.39 is 136 Å². The van der Waals surface area contributed by atoms with Crippen LogP contribution in [0.4, 0.5) is 0 Å². The van der Waals surface area contributed by atoms with Crippen LogP contribution in [-0.4, -0.2) is 110 Å². The average molecular weight is 911 g/mol. The standard InChI is InChI=1S/C24H22O16S8.4Na/c25-21-13-1-9(45(29,30)31)2-14(21)42-17-5-11(47(35,36)37)6-18(23(17)27)44-20-8-12(48(38,39)40)7-19(24(20)28)43-16-4-10(46(32,33)34)3-15(41-13)22(16)26;;;;/h1-6,12,21-23,25-28H,7-8H2,(H,29,30,31)(H,32,33,34)(H,35,36,37)(H,38,39,40);;;;/q;4*+1/p-4. The van der Waals surface area contributed by atoms with Crippen molar-refractivity contribution in [3.8, 4) is 0 Å². The van der Waals surface area contributed by atoms with Gasteiger partial charge in [-0.15, -0.1) is 21.9 Å². The molecule has 262 valence electrons. The van der Waals surface area contributed by atoms with Crippen molar-refractivity contribution in [3.05, 3.63) is 76.6 Å². The Labute approximate surface area is 402 Å². The van der Waals surface area contributed by atoms with Crippen molar-refractivity contribution in [2.24, 2.45) is 0 Å². The van der Waals surface area contributed by atoms with Crippen molar-refractivity contribution in [3.63, 3.8) is 0 Å². The van der Waals surface area contributed by atoms with Gasteiger partial charge in [0.15, 0.2) is 0 Å². The number of hydrogen-bond acceptors (Lipinski definition) is 17. The zero-order chi connectivity index (χ0) is 35.7. The minimum atomic E-state index is -5.29. The normalized spacial score (nSPS) is 25.4. The van der Waals surface area contributed by atoms with Crippen LogP contribution in [-0.2, 0) is 40.5 Å². The van der Waals surface area contributed by atoms with Crippen LogP contribution in [0.5, 0.6) is 0 Å². The molecule has 4 aliphatic carbocycles. The predicted octanol–water partition coefficient (Wildman–Crippen LogP) is -13.7. The molecular weight excluding hydrogens is 893 g/mol. The van der Waals surface area contributed by atoms with E-state index in [1.807, 2.05) is 0 Å². The Morgan fingerprint density at radius 2 is 0.904 bits per heavy atom. The molecule has 0 radical (unpaired) electrons. The second-order valence-electron chi connectivity index (χ2n) is 10.2. The molecule has 4 N–H and O–H groups in total. The minimum Gasteiger partial charge on any atom is -0.871 e. The molecule has 4 atom stereocenters. The Hall–Kier alpha value is 2.12. The summed E-state index contributed by atoms with van der Waals surface area (Å²) in [6.07, 6.45) is -2.77. The molecule has 5 aliphatic rings. The fourth-order valence-corrected chi connectivity index (χ4v) is 12.6. The maximum absolute atomic E-state index is 13.7. The Morgan fingerprint density at radius 3 is 1.25 bits per heavy atom. The van der Waals surface area contributed by atoms with Crippen molar-refractivity contribution in [1.29, 1.82) is 0 Å². The van der Waals surface area contributed by atoms with Gasteiger partial charge in [-0.1, -0.05) is 29.3 Å². The average Bonchev–Trinajstić information content (AvgIpc) is 2.93. The maximum atomic E-state index is 13.7. The van der Waals surface area contributed by atoms with Gasteiger partial charge in [0.25, 0.3) is 10.1 Å². The van der Waals surface area contributed by atoms with Gasteiger partial charge in [0, 0.05) is 35.7 Å². The summed E-state index contributed by atoms with van der Waals surface area (Å²) < 4.78 is 143. The minimum absolute atomic E-state index is 0.